The van der Waals surface area contributed by atoms with E-state index in [1.54, 1.807) is 13.8 Å². The summed E-state index contributed by atoms with van der Waals surface area (Å²) in [5.41, 5.74) is 2.20. The Morgan fingerprint density at radius 3 is 2.11 bits per heavy atom. The monoisotopic (exact) mass is 281 g/mol. The fraction of sp³-hybridized carbons (Fsp3) is 0.600. The van der Waals surface area contributed by atoms with Gasteiger partial charge in [0.25, 0.3) is 0 Å². The lowest BCUT2D eigenvalue weighted by Gasteiger charge is -2.26. The Bertz CT molecular complexity index is 526. The van der Waals surface area contributed by atoms with Crippen molar-refractivity contribution in [2.45, 2.75) is 37.4 Å². The lowest BCUT2D eigenvalue weighted by atomic mass is 9.89. The topological polar surface area (TPSA) is 46.2 Å². The van der Waals surface area contributed by atoms with E-state index in [2.05, 4.69) is 17.4 Å². The third-order valence-corrected chi connectivity index (χ3v) is 6.43. The van der Waals surface area contributed by atoms with Crippen LogP contribution >= 0.6 is 0 Å². The minimum Gasteiger partial charge on any atom is -0.317 e. The predicted octanol–water partition coefficient (Wildman–Crippen LogP) is 2.43. The molecular formula is C15H23NO2S. The molecule has 0 unspecified atom stereocenters. The number of hydrogen-bond acceptors (Lipinski definition) is 3. The number of benzene rings is 1. The lowest BCUT2D eigenvalue weighted by molar-refractivity contribution is 0.460. The van der Waals surface area contributed by atoms with Gasteiger partial charge in [-0.25, -0.2) is 8.42 Å². The Kier molecular flexibility index (Phi) is 4.02. The molecule has 1 saturated heterocycles. The van der Waals surface area contributed by atoms with Gasteiger partial charge in [-0.2, -0.15) is 0 Å². The number of nitrogens with one attached hydrogen (secondary N) is 1. The van der Waals surface area contributed by atoms with Crippen molar-refractivity contribution >= 4 is 9.84 Å². The van der Waals surface area contributed by atoms with Crippen LogP contribution < -0.4 is 5.32 Å². The highest BCUT2D eigenvalue weighted by Gasteiger charge is 2.32. The zero-order valence-electron chi connectivity index (χ0n) is 11.9. The quantitative estimate of drug-likeness (QED) is 0.925. The second-order valence-electron chi connectivity index (χ2n) is 5.93. The number of piperidine rings is 1. The van der Waals surface area contributed by atoms with Crippen molar-refractivity contribution in [2.24, 2.45) is 0 Å². The lowest BCUT2D eigenvalue weighted by Crippen LogP contribution is -2.28. The maximum Gasteiger partial charge on any atom is 0.156 e. The van der Waals surface area contributed by atoms with Crippen LogP contribution in [0.5, 0.6) is 0 Å². The molecule has 1 aromatic rings. The van der Waals surface area contributed by atoms with Crippen LogP contribution in [-0.2, 0) is 14.6 Å². The highest BCUT2D eigenvalue weighted by atomic mass is 32.2. The first-order chi connectivity index (χ1) is 8.82. The summed E-state index contributed by atoms with van der Waals surface area (Å²) in [4.78, 5) is 0. The van der Waals surface area contributed by atoms with E-state index in [-0.39, 0.29) is 0 Å². The molecule has 0 radical (unpaired) electrons. The van der Waals surface area contributed by atoms with Crippen molar-refractivity contribution in [1.82, 2.24) is 5.32 Å². The van der Waals surface area contributed by atoms with Gasteiger partial charge in [0.05, 0.1) is 4.75 Å². The number of hydrogen-bond donors (Lipinski definition) is 1. The summed E-state index contributed by atoms with van der Waals surface area (Å²) in [5.74, 6) is 0.608. The van der Waals surface area contributed by atoms with E-state index in [1.807, 2.05) is 12.1 Å². The average molecular weight is 281 g/mol. The average Bonchev–Trinajstić information content (AvgIpc) is 2.39. The predicted molar refractivity (Wildman–Crippen MR) is 79.2 cm³/mol. The summed E-state index contributed by atoms with van der Waals surface area (Å²) in [6.07, 6.45) is 3.62. The van der Waals surface area contributed by atoms with E-state index >= 15 is 0 Å². The van der Waals surface area contributed by atoms with Gasteiger partial charge >= 0.3 is 0 Å². The smallest absolute Gasteiger partial charge is 0.156 e. The van der Waals surface area contributed by atoms with Gasteiger partial charge in [0.2, 0.25) is 0 Å². The molecule has 1 fully saturated rings. The van der Waals surface area contributed by atoms with E-state index in [1.165, 1.54) is 11.8 Å². The van der Waals surface area contributed by atoms with Gasteiger partial charge in [0, 0.05) is 6.26 Å². The molecule has 19 heavy (non-hydrogen) atoms. The normalized spacial score (nSPS) is 18.5. The highest BCUT2D eigenvalue weighted by molar-refractivity contribution is 7.91. The van der Waals surface area contributed by atoms with Crippen molar-refractivity contribution in [1.29, 1.82) is 0 Å². The summed E-state index contributed by atoms with van der Waals surface area (Å²) in [6.45, 7) is 5.67. The zero-order chi connectivity index (χ0) is 14.1. The zero-order valence-corrected chi connectivity index (χ0v) is 12.8. The molecule has 0 aromatic heterocycles. The minimum absolute atomic E-state index is 0.608. The molecule has 1 heterocycles. The maximum atomic E-state index is 11.8. The van der Waals surface area contributed by atoms with Gasteiger partial charge in [-0.1, -0.05) is 24.3 Å². The van der Waals surface area contributed by atoms with Gasteiger partial charge in [-0.15, -0.1) is 0 Å². The number of sulfone groups is 1. The first-order valence-electron chi connectivity index (χ1n) is 6.83. The molecule has 1 aromatic carbocycles. The van der Waals surface area contributed by atoms with Crippen LogP contribution in [0.25, 0.3) is 0 Å². The molecule has 1 aliphatic rings. The summed E-state index contributed by atoms with van der Waals surface area (Å²) < 4.78 is 22.8. The Balaban J connectivity index is 2.23. The van der Waals surface area contributed by atoms with E-state index in [0.717, 1.165) is 31.5 Å². The van der Waals surface area contributed by atoms with Gasteiger partial charge in [0.1, 0.15) is 0 Å². The van der Waals surface area contributed by atoms with Gasteiger partial charge < -0.3 is 5.32 Å². The number of rotatable bonds is 3. The van der Waals surface area contributed by atoms with Crippen molar-refractivity contribution in [3.05, 3.63) is 35.4 Å². The molecule has 0 amide bonds. The van der Waals surface area contributed by atoms with Crippen LogP contribution in [0, 0.1) is 0 Å². The van der Waals surface area contributed by atoms with Crippen LogP contribution in [0.4, 0.5) is 0 Å². The Labute approximate surface area is 116 Å². The Morgan fingerprint density at radius 1 is 1.11 bits per heavy atom. The summed E-state index contributed by atoms with van der Waals surface area (Å²) in [6, 6.07) is 8.13. The molecule has 0 atom stereocenters. The molecule has 0 saturated carbocycles. The molecule has 3 nitrogen and oxygen atoms in total. The minimum atomic E-state index is -3.10. The molecule has 1 N–H and O–H groups in total. The van der Waals surface area contributed by atoms with Crippen LogP contribution in [0.15, 0.2) is 24.3 Å². The van der Waals surface area contributed by atoms with Crippen LogP contribution in [-0.4, -0.2) is 27.8 Å². The van der Waals surface area contributed by atoms with Gasteiger partial charge in [0.15, 0.2) is 9.84 Å². The Hall–Kier alpha value is -0.870. The molecule has 4 heteroatoms. The molecule has 2 rings (SSSR count). The second kappa shape index (κ2) is 5.25. The summed E-state index contributed by atoms with van der Waals surface area (Å²) in [7, 11) is -3.10. The third-order valence-electron chi connectivity index (χ3n) is 4.34. The first kappa shape index (κ1) is 14.5. The summed E-state index contributed by atoms with van der Waals surface area (Å²) >= 11 is 0. The van der Waals surface area contributed by atoms with Crippen molar-refractivity contribution in [2.75, 3.05) is 19.3 Å². The molecule has 0 aliphatic carbocycles. The molecule has 0 spiro atoms. The Morgan fingerprint density at radius 2 is 1.63 bits per heavy atom. The van der Waals surface area contributed by atoms with Crippen LogP contribution in [0.3, 0.4) is 0 Å². The molecular weight excluding hydrogens is 258 g/mol. The van der Waals surface area contributed by atoms with E-state index in [9.17, 15) is 8.42 Å². The van der Waals surface area contributed by atoms with Gasteiger partial charge in [-0.05, 0) is 56.8 Å². The fourth-order valence-corrected chi connectivity index (χ4v) is 3.09. The molecule has 0 bridgehead atoms. The highest BCUT2D eigenvalue weighted by Crippen LogP contribution is 2.31. The SMILES string of the molecule is CC(C)(c1ccc(C2CCNCC2)cc1)S(C)(=O)=O. The third kappa shape index (κ3) is 3.00. The van der Waals surface area contributed by atoms with Gasteiger partial charge in [-0.3, -0.25) is 0 Å². The van der Waals surface area contributed by atoms with Crippen molar-refractivity contribution < 1.29 is 8.42 Å². The van der Waals surface area contributed by atoms with Crippen molar-refractivity contribution in [3.63, 3.8) is 0 Å². The standard InChI is InChI=1S/C15H23NO2S/c1-15(2,19(3,17)18)14-6-4-12(5-7-14)13-8-10-16-11-9-13/h4-7,13,16H,8-11H2,1-3H3. The van der Waals surface area contributed by atoms with Crippen LogP contribution in [0.2, 0.25) is 0 Å². The van der Waals surface area contributed by atoms with E-state index in [4.69, 9.17) is 0 Å². The summed E-state index contributed by atoms with van der Waals surface area (Å²) in [5, 5.41) is 3.36. The first-order valence-corrected chi connectivity index (χ1v) is 8.72. The largest absolute Gasteiger partial charge is 0.317 e. The maximum absolute atomic E-state index is 11.8. The second-order valence-corrected chi connectivity index (χ2v) is 8.49. The fourth-order valence-electron chi connectivity index (χ4n) is 2.53. The molecule has 1 aliphatic heterocycles. The van der Waals surface area contributed by atoms with E-state index < -0.39 is 14.6 Å². The van der Waals surface area contributed by atoms with Crippen LogP contribution in [0.1, 0.15) is 43.7 Å². The van der Waals surface area contributed by atoms with Crippen molar-refractivity contribution in [3.8, 4) is 0 Å². The van der Waals surface area contributed by atoms with E-state index in [0.29, 0.717) is 5.92 Å². The molecule has 106 valence electrons.